The van der Waals surface area contributed by atoms with Gasteiger partial charge in [0, 0.05) is 34.2 Å². The molecule has 6 nitrogen and oxygen atoms in total. The highest BCUT2D eigenvalue weighted by molar-refractivity contribution is 6.30. The van der Waals surface area contributed by atoms with E-state index in [1.54, 1.807) is 14.2 Å². The van der Waals surface area contributed by atoms with Crippen LogP contribution in [-0.4, -0.2) is 29.8 Å². The van der Waals surface area contributed by atoms with Gasteiger partial charge in [0.05, 0.1) is 25.6 Å². The first-order valence-electron chi connectivity index (χ1n) is 12.6. The molecule has 192 valence electrons. The van der Waals surface area contributed by atoms with Crippen molar-refractivity contribution in [1.82, 2.24) is 9.78 Å². The van der Waals surface area contributed by atoms with Crippen molar-refractivity contribution in [3.05, 3.63) is 111 Å². The van der Waals surface area contributed by atoms with Gasteiger partial charge < -0.3 is 14.8 Å². The Morgan fingerprint density at radius 1 is 0.921 bits per heavy atom. The number of aryl methyl sites for hydroxylation is 1. The Bertz CT molecular complexity index is 1560. The number of fused-ring (bicyclic) bond motifs is 1. The molecule has 2 aliphatic rings. The van der Waals surface area contributed by atoms with Gasteiger partial charge in [-0.15, -0.1) is 0 Å². The van der Waals surface area contributed by atoms with Crippen LogP contribution in [-0.2, 0) is 4.79 Å². The second-order valence-electron chi connectivity index (χ2n) is 9.74. The Kier molecular flexibility index (Phi) is 6.20. The number of aromatic nitrogens is 2. The van der Waals surface area contributed by atoms with Crippen molar-refractivity contribution in [1.29, 1.82) is 0 Å². The van der Waals surface area contributed by atoms with Gasteiger partial charge in [-0.3, -0.25) is 4.79 Å². The zero-order valence-corrected chi connectivity index (χ0v) is 22.3. The first kappa shape index (κ1) is 24.3. The van der Waals surface area contributed by atoms with Crippen molar-refractivity contribution in [3.63, 3.8) is 0 Å². The number of carbonyl (C=O) groups excluding carboxylic acids is 1. The summed E-state index contributed by atoms with van der Waals surface area (Å²) in [5.41, 5.74) is 6.69. The van der Waals surface area contributed by atoms with Gasteiger partial charge in [0.15, 0.2) is 17.3 Å². The maximum atomic E-state index is 13.9. The number of para-hydroxylation sites is 1. The Balaban J connectivity index is 1.49. The molecule has 0 spiro atoms. The van der Waals surface area contributed by atoms with Crippen LogP contribution in [0.2, 0.25) is 5.02 Å². The highest BCUT2D eigenvalue weighted by Crippen LogP contribution is 2.50. The van der Waals surface area contributed by atoms with Crippen LogP contribution in [0.1, 0.15) is 47.1 Å². The van der Waals surface area contributed by atoms with Crippen molar-refractivity contribution >= 4 is 23.2 Å². The summed E-state index contributed by atoms with van der Waals surface area (Å²) in [6.07, 6.45) is 1.11. The number of nitrogens with one attached hydrogen (secondary N) is 1. The topological polar surface area (TPSA) is 65.4 Å². The average Bonchev–Trinajstić information content (AvgIpc) is 3.28. The van der Waals surface area contributed by atoms with Crippen molar-refractivity contribution < 1.29 is 14.3 Å². The molecule has 7 heteroatoms. The lowest BCUT2D eigenvalue weighted by atomic mass is 9.72. The van der Waals surface area contributed by atoms with Crippen LogP contribution >= 0.6 is 11.6 Å². The van der Waals surface area contributed by atoms with Crippen LogP contribution < -0.4 is 14.8 Å². The zero-order valence-electron chi connectivity index (χ0n) is 21.5. The third kappa shape index (κ3) is 4.05. The van der Waals surface area contributed by atoms with E-state index in [1.165, 1.54) is 0 Å². The lowest BCUT2D eigenvalue weighted by Gasteiger charge is -2.36. The summed E-state index contributed by atoms with van der Waals surface area (Å²) in [5.74, 6) is 2.14. The van der Waals surface area contributed by atoms with E-state index in [-0.39, 0.29) is 17.6 Å². The van der Waals surface area contributed by atoms with Gasteiger partial charge in [0.2, 0.25) is 0 Å². The van der Waals surface area contributed by atoms with Crippen LogP contribution in [0.25, 0.3) is 5.69 Å². The first-order valence-corrected chi connectivity index (χ1v) is 13.0. The molecule has 4 aromatic rings. The number of Topliss-reactive ketones (excluding diaryl/α,β-unsaturated/α-hetero) is 1. The molecule has 0 radical (unpaired) electrons. The van der Waals surface area contributed by atoms with Crippen LogP contribution in [0.5, 0.6) is 11.5 Å². The van der Waals surface area contributed by atoms with Crippen molar-refractivity contribution in [2.75, 3.05) is 19.5 Å². The largest absolute Gasteiger partial charge is 0.493 e. The summed E-state index contributed by atoms with van der Waals surface area (Å²) < 4.78 is 12.9. The minimum Gasteiger partial charge on any atom is -0.493 e. The molecule has 0 bridgehead atoms. The number of rotatable bonds is 5. The van der Waals surface area contributed by atoms with E-state index in [1.807, 2.05) is 84.4 Å². The number of benzene rings is 3. The zero-order chi connectivity index (χ0) is 26.4. The maximum absolute atomic E-state index is 13.9. The molecule has 0 fully saturated rings. The van der Waals surface area contributed by atoms with E-state index in [9.17, 15) is 4.79 Å². The van der Waals surface area contributed by atoms with Crippen LogP contribution in [0.3, 0.4) is 0 Å². The van der Waals surface area contributed by atoms with Crippen LogP contribution in [0.4, 0.5) is 5.82 Å². The monoisotopic (exact) mass is 525 g/mol. The minimum atomic E-state index is -0.227. The van der Waals surface area contributed by atoms with E-state index in [0.29, 0.717) is 29.4 Å². The first-order chi connectivity index (χ1) is 18.5. The molecule has 1 aromatic heterocycles. The number of carbonyl (C=O) groups is 1. The number of halogens is 1. The molecule has 1 aliphatic carbocycles. The fourth-order valence-corrected chi connectivity index (χ4v) is 5.89. The van der Waals surface area contributed by atoms with Crippen LogP contribution in [0.15, 0.2) is 84.1 Å². The van der Waals surface area contributed by atoms with Gasteiger partial charge in [-0.05, 0) is 66.8 Å². The predicted molar refractivity (Wildman–Crippen MR) is 149 cm³/mol. The normalized spacial score (nSPS) is 18.5. The lowest BCUT2D eigenvalue weighted by molar-refractivity contribution is -0.116. The molecule has 2 atom stereocenters. The number of ketones is 1. The molecule has 2 unspecified atom stereocenters. The van der Waals surface area contributed by atoms with E-state index < -0.39 is 0 Å². The number of nitrogens with zero attached hydrogens (tertiary/aromatic N) is 2. The highest BCUT2D eigenvalue weighted by Gasteiger charge is 2.41. The number of anilines is 1. The van der Waals surface area contributed by atoms with E-state index in [2.05, 4.69) is 5.32 Å². The number of hydrogen-bond acceptors (Lipinski definition) is 5. The third-order valence-electron chi connectivity index (χ3n) is 7.54. The van der Waals surface area contributed by atoms with Gasteiger partial charge in [-0.2, -0.15) is 5.10 Å². The van der Waals surface area contributed by atoms with E-state index in [0.717, 1.165) is 45.2 Å². The number of ether oxygens (including phenoxy) is 2. The SMILES string of the molecule is COc1ccc(C2CC(=O)C3=C(C2)Nc2c(c(C)nn2-c2ccccc2)C3c2ccc(Cl)cc2)cc1OC. The molecule has 2 heterocycles. The summed E-state index contributed by atoms with van der Waals surface area (Å²) >= 11 is 6.24. The Morgan fingerprint density at radius 2 is 1.63 bits per heavy atom. The van der Waals surface area contributed by atoms with Crippen molar-refractivity contribution in [3.8, 4) is 17.2 Å². The summed E-state index contributed by atoms with van der Waals surface area (Å²) in [5, 5.41) is 9.24. The molecular weight excluding hydrogens is 498 g/mol. The predicted octanol–water partition coefficient (Wildman–Crippen LogP) is 6.81. The Labute approximate surface area is 226 Å². The third-order valence-corrected chi connectivity index (χ3v) is 7.80. The Hall–Kier alpha value is -4.03. The lowest BCUT2D eigenvalue weighted by Crippen LogP contribution is -2.30. The fraction of sp³-hybridized carbons (Fsp3) is 0.226. The molecule has 38 heavy (non-hydrogen) atoms. The minimum absolute atomic E-state index is 0.00941. The molecule has 0 saturated carbocycles. The summed E-state index contributed by atoms with van der Waals surface area (Å²) in [7, 11) is 3.25. The van der Waals surface area contributed by atoms with Gasteiger partial charge in [-0.25, -0.2) is 4.68 Å². The molecule has 3 aromatic carbocycles. The summed E-state index contributed by atoms with van der Waals surface area (Å²) in [4.78, 5) is 13.9. The number of hydrogen-bond donors (Lipinski definition) is 1. The molecule has 6 rings (SSSR count). The number of allylic oxidation sites excluding steroid dienone is 2. The van der Waals surface area contributed by atoms with Crippen LogP contribution in [0, 0.1) is 6.92 Å². The molecule has 0 saturated heterocycles. The van der Waals surface area contributed by atoms with Gasteiger partial charge in [-0.1, -0.05) is 48.0 Å². The average molecular weight is 526 g/mol. The van der Waals surface area contributed by atoms with Gasteiger partial charge in [0.25, 0.3) is 0 Å². The second-order valence-corrected chi connectivity index (χ2v) is 10.2. The molecule has 1 N–H and O–H groups in total. The summed E-state index contributed by atoms with van der Waals surface area (Å²) in [6, 6.07) is 23.8. The van der Waals surface area contributed by atoms with Crippen molar-refractivity contribution in [2.24, 2.45) is 0 Å². The number of methoxy groups -OCH3 is 2. The quantitative estimate of drug-likeness (QED) is 0.310. The second kappa shape index (κ2) is 9.69. The molecule has 0 amide bonds. The summed E-state index contributed by atoms with van der Waals surface area (Å²) in [6.45, 7) is 2.01. The molecule has 1 aliphatic heterocycles. The Morgan fingerprint density at radius 3 is 2.34 bits per heavy atom. The van der Waals surface area contributed by atoms with Gasteiger partial charge >= 0.3 is 0 Å². The van der Waals surface area contributed by atoms with Crippen molar-refractivity contribution in [2.45, 2.75) is 31.6 Å². The van der Waals surface area contributed by atoms with E-state index >= 15 is 0 Å². The van der Waals surface area contributed by atoms with E-state index in [4.69, 9.17) is 26.2 Å². The molecular formula is C31H28ClN3O3. The standard InChI is InChI=1S/C31H28ClN3O3/c1-18-28-29(19-9-12-22(32)13-10-19)30-24(33-31(28)35(34-18)23-7-5-4-6-8-23)15-21(16-25(30)36)20-11-14-26(37-2)27(17-20)38-3/h4-14,17,21,29,33H,15-16H2,1-3H3. The highest BCUT2D eigenvalue weighted by atomic mass is 35.5. The fourth-order valence-electron chi connectivity index (χ4n) is 5.76. The van der Waals surface area contributed by atoms with Gasteiger partial charge in [0.1, 0.15) is 5.82 Å². The smallest absolute Gasteiger partial charge is 0.162 e. The maximum Gasteiger partial charge on any atom is 0.162 e.